The molecule has 3 rings (SSSR count). The lowest BCUT2D eigenvalue weighted by Crippen LogP contribution is -2.56. The van der Waals surface area contributed by atoms with Crippen molar-refractivity contribution in [1.82, 2.24) is 4.90 Å². The number of esters is 1. The van der Waals surface area contributed by atoms with Crippen molar-refractivity contribution < 1.29 is 14.6 Å². The summed E-state index contributed by atoms with van der Waals surface area (Å²) in [5.41, 5.74) is 0.334. The number of aliphatic hydroxyl groups is 1. The Morgan fingerprint density at radius 1 is 1.42 bits per heavy atom. The van der Waals surface area contributed by atoms with Crippen LogP contribution in [0.25, 0.3) is 0 Å². The van der Waals surface area contributed by atoms with Crippen LogP contribution in [0.2, 0.25) is 0 Å². The summed E-state index contributed by atoms with van der Waals surface area (Å²) in [6.45, 7) is 11.3. The van der Waals surface area contributed by atoms with Gasteiger partial charge in [-0.2, -0.15) is 0 Å². The molecular weight excluding hydrogens is 326 g/mol. The Morgan fingerprint density at radius 3 is 2.85 bits per heavy atom. The van der Waals surface area contributed by atoms with Gasteiger partial charge < -0.3 is 9.84 Å². The zero-order valence-electron chi connectivity index (χ0n) is 16.8. The van der Waals surface area contributed by atoms with Gasteiger partial charge in [0.15, 0.2) is 0 Å². The summed E-state index contributed by atoms with van der Waals surface area (Å²) in [5, 5.41) is 11.6. The molecule has 6 atom stereocenters. The first-order valence-corrected chi connectivity index (χ1v) is 10.3. The Labute approximate surface area is 158 Å². The van der Waals surface area contributed by atoms with Crippen molar-refractivity contribution in [2.45, 2.75) is 65.1 Å². The average molecular weight is 362 g/mol. The van der Waals surface area contributed by atoms with Crippen LogP contribution >= 0.6 is 0 Å². The predicted octanol–water partition coefficient (Wildman–Crippen LogP) is 3.56. The van der Waals surface area contributed by atoms with Crippen molar-refractivity contribution in [2.75, 3.05) is 19.6 Å². The molecule has 0 unspecified atom stereocenters. The van der Waals surface area contributed by atoms with Crippen LogP contribution in [0.15, 0.2) is 23.8 Å². The van der Waals surface area contributed by atoms with Crippen LogP contribution in [0, 0.1) is 23.7 Å². The lowest BCUT2D eigenvalue weighted by molar-refractivity contribution is -0.159. The zero-order valence-corrected chi connectivity index (χ0v) is 16.8. The Balaban J connectivity index is 1.78. The number of fused-ring (bicyclic) bond motifs is 1. The molecular formula is C22H35NO3. The topological polar surface area (TPSA) is 49.8 Å². The van der Waals surface area contributed by atoms with Crippen LogP contribution in [0.3, 0.4) is 0 Å². The molecule has 0 bridgehead atoms. The molecule has 1 N–H and O–H groups in total. The van der Waals surface area contributed by atoms with Crippen molar-refractivity contribution in [3.63, 3.8) is 0 Å². The third-order valence-corrected chi connectivity index (χ3v) is 7.02. The highest BCUT2D eigenvalue weighted by Crippen LogP contribution is 2.51. The van der Waals surface area contributed by atoms with Crippen molar-refractivity contribution in [1.29, 1.82) is 0 Å². The van der Waals surface area contributed by atoms with Gasteiger partial charge >= 0.3 is 5.97 Å². The summed E-state index contributed by atoms with van der Waals surface area (Å²) in [4.78, 5) is 14.0. The van der Waals surface area contributed by atoms with E-state index in [2.05, 4.69) is 37.0 Å². The number of rotatable bonds is 4. The van der Waals surface area contributed by atoms with E-state index in [1.807, 2.05) is 6.92 Å². The highest BCUT2D eigenvalue weighted by atomic mass is 16.5. The van der Waals surface area contributed by atoms with Crippen LogP contribution in [0.5, 0.6) is 0 Å². The van der Waals surface area contributed by atoms with Crippen LogP contribution < -0.4 is 0 Å². The minimum Gasteiger partial charge on any atom is -0.458 e. The van der Waals surface area contributed by atoms with Gasteiger partial charge in [-0.05, 0) is 49.5 Å². The quantitative estimate of drug-likeness (QED) is 0.614. The van der Waals surface area contributed by atoms with E-state index in [0.29, 0.717) is 18.3 Å². The van der Waals surface area contributed by atoms with Gasteiger partial charge in [-0.15, -0.1) is 0 Å². The lowest BCUT2D eigenvalue weighted by Gasteiger charge is -2.53. The van der Waals surface area contributed by atoms with E-state index in [1.54, 1.807) is 0 Å². The van der Waals surface area contributed by atoms with Gasteiger partial charge in [0.2, 0.25) is 0 Å². The van der Waals surface area contributed by atoms with E-state index in [0.717, 1.165) is 38.0 Å². The standard InChI is InChI=1S/C22H35NO3/c1-15-12-20-19(16(2)14-23-10-6-5-7-11-23)9-8-17(3)22(20,25)13-21(15)26-18(4)24/h5-6,12,16-17,19-21,25H,7-11,13-14H2,1-4H3/t16-,17-,19+,20-,21-,22-/m1/s1. The van der Waals surface area contributed by atoms with Gasteiger partial charge in [0.1, 0.15) is 6.10 Å². The molecule has 4 heteroatoms. The molecule has 26 heavy (non-hydrogen) atoms. The summed E-state index contributed by atoms with van der Waals surface area (Å²) >= 11 is 0. The van der Waals surface area contributed by atoms with Crippen molar-refractivity contribution in [3.05, 3.63) is 23.8 Å². The Morgan fingerprint density at radius 2 is 2.19 bits per heavy atom. The number of carbonyl (C=O) groups is 1. The molecule has 146 valence electrons. The maximum absolute atomic E-state index is 11.6. The molecule has 0 radical (unpaired) electrons. The van der Waals surface area contributed by atoms with Crippen LogP contribution in [0.4, 0.5) is 0 Å². The molecule has 4 nitrogen and oxygen atoms in total. The molecule has 0 aromatic heterocycles. The molecule has 1 aliphatic heterocycles. The first-order valence-electron chi connectivity index (χ1n) is 10.3. The molecule has 1 heterocycles. The highest BCUT2D eigenvalue weighted by molar-refractivity contribution is 5.66. The largest absolute Gasteiger partial charge is 0.458 e. The first kappa shape index (κ1) is 19.6. The van der Waals surface area contributed by atoms with E-state index in [4.69, 9.17) is 4.74 Å². The molecule has 3 aliphatic rings. The monoisotopic (exact) mass is 361 g/mol. The fourth-order valence-corrected chi connectivity index (χ4v) is 5.40. The highest BCUT2D eigenvalue weighted by Gasteiger charge is 2.52. The first-order chi connectivity index (χ1) is 12.3. The van der Waals surface area contributed by atoms with Crippen LogP contribution in [-0.2, 0) is 9.53 Å². The Hall–Kier alpha value is -1.13. The smallest absolute Gasteiger partial charge is 0.303 e. The third kappa shape index (κ3) is 3.91. The fraction of sp³-hybridized carbons (Fsp3) is 0.773. The summed E-state index contributed by atoms with van der Waals surface area (Å²) in [7, 11) is 0. The number of ether oxygens (including phenoxy) is 1. The summed E-state index contributed by atoms with van der Waals surface area (Å²) in [5.74, 6) is 1.15. The molecule has 2 aliphatic carbocycles. The minimum atomic E-state index is -0.765. The van der Waals surface area contributed by atoms with Gasteiger partial charge in [0.25, 0.3) is 0 Å². The van der Waals surface area contributed by atoms with Gasteiger partial charge in [0.05, 0.1) is 5.60 Å². The van der Waals surface area contributed by atoms with Gasteiger partial charge in [-0.1, -0.05) is 32.1 Å². The third-order valence-electron chi connectivity index (χ3n) is 7.02. The van der Waals surface area contributed by atoms with Gasteiger partial charge in [-0.25, -0.2) is 0 Å². The molecule has 0 aromatic rings. The van der Waals surface area contributed by atoms with Gasteiger partial charge in [0, 0.05) is 38.9 Å². The number of hydrogen-bond acceptors (Lipinski definition) is 4. The van der Waals surface area contributed by atoms with Crippen molar-refractivity contribution in [3.8, 4) is 0 Å². The van der Waals surface area contributed by atoms with Crippen LogP contribution in [0.1, 0.15) is 53.4 Å². The Kier molecular flexibility index (Phi) is 5.93. The van der Waals surface area contributed by atoms with E-state index in [9.17, 15) is 9.90 Å². The maximum Gasteiger partial charge on any atom is 0.303 e. The van der Waals surface area contributed by atoms with E-state index in [1.165, 1.54) is 13.3 Å². The predicted molar refractivity (Wildman–Crippen MR) is 104 cm³/mol. The molecule has 1 fully saturated rings. The molecule has 0 spiro atoms. The normalized spacial score (nSPS) is 39.0. The van der Waals surface area contributed by atoms with E-state index < -0.39 is 5.60 Å². The number of carbonyl (C=O) groups excluding carboxylic acids is 1. The second kappa shape index (κ2) is 7.85. The zero-order chi connectivity index (χ0) is 18.9. The fourth-order valence-electron chi connectivity index (χ4n) is 5.40. The maximum atomic E-state index is 11.6. The second-order valence-corrected chi connectivity index (χ2v) is 8.87. The second-order valence-electron chi connectivity index (χ2n) is 8.87. The van der Waals surface area contributed by atoms with E-state index >= 15 is 0 Å². The SMILES string of the molecule is CC(=O)O[C@@H]1C[C@@]2(O)[C@H](C)CC[C@@H]([C@H](C)CN3CC=CCC3)[C@H]2C=C1C. The molecule has 0 aromatic carbocycles. The molecule has 0 saturated heterocycles. The molecule has 0 amide bonds. The number of nitrogens with zero attached hydrogens (tertiary/aromatic N) is 1. The summed E-state index contributed by atoms with van der Waals surface area (Å²) in [6.07, 6.45) is 10.4. The average Bonchev–Trinajstić information content (AvgIpc) is 2.58. The van der Waals surface area contributed by atoms with E-state index in [-0.39, 0.29) is 23.9 Å². The molecule has 1 saturated carbocycles. The van der Waals surface area contributed by atoms with Crippen molar-refractivity contribution >= 4 is 5.97 Å². The van der Waals surface area contributed by atoms with Crippen LogP contribution in [-0.4, -0.2) is 47.3 Å². The summed E-state index contributed by atoms with van der Waals surface area (Å²) < 4.78 is 5.50. The van der Waals surface area contributed by atoms with Crippen molar-refractivity contribution in [2.24, 2.45) is 23.7 Å². The van der Waals surface area contributed by atoms with Gasteiger partial charge in [-0.3, -0.25) is 9.69 Å². The number of hydrogen-bond donors (Lipinski definition) is 1. The summed E-state index contributed by atoms with van der Waals surface area (Å²) in [6, 6.07) is 0. The lowest BCUT2D eigenvalue weighted by atomic mass is 9.57. The minimum absolute atomic E-state index is 0.161. The Bertz CT molecular complexity index is 584.